The van der Waals surface area contributed by atoms with Gasteiger partial charge in [0.05, 0.1) is 23.8 Å². The first-order valence-corrected chi connectivity index (χ1v) is 9.93. The molecule has 8 heteroatoms. The van der Waals surface area contributed by atoms with E-state index in [1.54, 1.807) is 6.92 Å². The summed E-state index contributed by atoms with van der Waals surface area (Å²) >= 11 is 0. The number of fused-ring (bicyclic) bond motifs is 3. The molecule has 31 heavy (non-hydrogen) atoms. The third-order valence-corrected chi connectivity index (χ3v) is 6.38. The number of phenols is 2. The first-order chi connectivity index (χ1) is 14.7. The summed E-state index contributed by atoms with van der Waals surface area (Å²) in [5, 5.41) is 42.3. The summed E-state index contributed by atoms with van der Waals surface area (Å²) < 4.78 is 5.23. The summed E-state index contributed by atoms with van der Waals surface area (Å²) in [6.07, 6.45) is -0.108. The Morgan fingerprint density at radius 1 is 1.13 bits per heavy atom. The van der Waals surface area contributed by atoms with Gasteiger partial charge in [-0.3, -0.25) is 14.4 Å². The lowest BCUT2D eigenvalue weighted by molar-refractivity contribution is -0.142. The molecule has 4 N–H and O–H groups in total. The summed E-state index contributed by atoms with van der Waals surface area (Å²) in [4.78, 5) is 38.8. The number of hydrogen-bond acceptors (Lipinski definition) is 8. The second kappa shape index (κ2) is 7.18. The van der Waals surface area contributed by atoms with E-state index in [-0.39, 0.29) is 45.6 Å². The molecule has 0 saturated heterocycles. The molecule has 2 aliphatic carbocycles. The number of Topliss-reactive ketones (excluding diaryl/α,β-unsaturated/α-hetero) is 1. The van der Waals surface area contributed by atoms with Crippen LogP contribution < -0.4 is 4.74 Å². The number of aliphatic hydroxyl groups excluding tert-OH is 1. The quantitative estimate of drug-likeness (QED) is 0.461. The highest BCUT2D eigenvalue weighted by molar-refractivity contribution is 6.31. The number of carbonyl (C=O) groups excluding carboxylic acids is 3. The molecule has 0 spiro atoms. The fourth-order valence-electron chi connectivity index (χ4n) is 4.82. The summed E-state index contributed by atoms with van der Waals surface area (Å²) in [5.41, 5.74) is -2.33. The molecule has 162 valence electrons. The number of methoxy groups -OCH3 is 1. The second-order valence-electron chi connectivity index (χ2n) is 7.98. The lowest BCUT2D eigenvalue weighted by atomic mass is 9.68. The van der Waals surface area contributed by atoms with E-state index < -0.39 is 53.4 Å². The van der Waals surface area contributed by atoms with Crippen LogP contribution in [-0.4, -0.2) is 57.1 Å². The van der Waals surface area contributed by atoms with E-state index in [0.717, 1.165) is 0 Å². The molecular weight excluding hydrogens is 404 g/mol. The van der Waals surface area contributed by atoms with Crippen molar-refractivity contribution in [3.05, 3.63) is 51.6 Å². The Labute approximate surface area is 177 Å². The van der Waals surface area contributed by atoms with E-state index in [9.17, 15) is 34.8 Å². The summed E-state index contributed by atoms with van der Waals surface area (Å²) in [6, 6.07) is 4.49. The highest BCUT2D eigenvalue weighted by Gasteiger charge is 2.48. The van der Waals surface area contributed by atoms with Crippen molar-refractivity contribution in [2.24, 2.45) is 0 Å². The molecule has 2 aromatic carbocycles. The number of carbonyl (C=O) groups is 3. The maximum atomic E-state index is 13.3. The molecule has 0 saturated carbocycles. The summed E-state index contributed by atoms with van der Waals surface area (Å²) in [5.74, 6) is -3.53. The SMILES string of the molecule is CCC1CC(O)(C(=O)CO)Cc2c(O)c3c(c(O)c21)C(=O)c1c(OC)cccc1C3=O. The van der Waals surface area contributed by atoms with Crippen molar-refractivity contribution in [3.63, 3.8) is 0 Å². The molecule has 0 bridgehead atoms. The van der Waals surface area contributed by atoms with Gasteiger partial charge in [0.2, 0.25) is 5.78 Å². The van der Waals surface area contributed by atoms with E-state index in [4.69, 9.17) is 4.74 Å². The highest BCUT2D eigenvalue weighted by Crippen LogP contribution is 2.52. The predicted molar refractivity (Wildman–Crippen MR) is 108 cm³/mol. The number of ketones is 3. The van der Waals surface area contributed by atoms with Crippen LogP contribution in [0.3, 0.4) is 0 Å². The Kier molecular flexibility index (Phi) is 4.87. The van der Waals surface area contributed by atoms with Crippen LogP contribution in [0.15, 0.2) is 18.2 Å². The van der Waals surface area contributed by atoms with Gasteiger partial charge in [-0.15, -0.1) is 0 Å². The number of hydrogen-bond donors (Lipinski definition) is 4. The van der Waals surface area contributed by atoms with Crippen molar-refractivity contribution in [2.75, 3.05) is 13.7 Å². The van der Waals surface area contributed by atoms with Crippen LogP contribution in [0.4, 0.5) is 0 Å². The molecule has 0 fully saturated rings. The monoisotopic (exact) mass is 426 g/mol. The Hall–Kier alpha value is -3.23. The zero-order chi connectivity index (χ0) is 22.7. The third kappa shape index (κ3) is 2.79. The molecular formula is C23H22O8. The first-order valence-electron chi connectivity index (χ1n) is 9.93. The Balaban J connectivity index is 2.02. The van der Waals surface area contributed by atoms with Crippen molar-refractivity contribution in [2.45, 2.75) is 37.7 Å². The standard InChI is InChI=1S/C23H22O8/c1-3-10-7-23(30,14(25)9-24)8-12-15(10)21(28)18-17(20(12)27)19(26)11-5-4-6-13(31-2)16(11)22(18)29/h4-6,10,24,27-28,30H,3,7-9H2,1-2H3. The van der Waals surface area contributed by atoms with Gasteiger partial charge in [0.15, 0.2) is 11.6 Å². The minimum Gasteiger partial charge on any atom is -0.507 e. The van der Waals surface area contributed by atoms with E-state index in [1.807, 2.05) is 0 Å². The van der Waals surface area contributed by atoms with Crippen molar-refractivity contribution in [1.82, 2.24) is 0 Å². The van der Waals surface area contributed by atoms with E-state index in [0.29, 0.717) is 6.42 Å². The van der Waals surface area contributed by atoms with Gasteiger partial charge in [0, 0.05) is 23.1 Å². The molecule has 4 rings (SSSR count). The molecule has 8 nitrogen and oxygen atoms in total. The van der Waals surface area contributed by atoms with Crippen molar-refractivity contribution < 1.29 is 39.5 Å². The predicted octanol–water partition coefficient (Wildman–Crippen LogP) is 1.61. The summed E-state index contributed by atoms with van der Waals surface area (Å²) in [7, 11) is 1.36. The van der Waals surface area contributed by atoms with Crippen molar-refractivity contribution in [3.8, 4) is 17.2 Å². The smallest absolute Gasteiger partial charge is 0.202 e. The fourth-order valence-corrected chi connectivity index (χ4v) is 4.82. The summed E-state index contributed by atoms with van der Waals surface area (Å²) in [6.45, 7) is 0.884. The van der Waals surface area contributed by atoms with Crippen molar-refractivity contribution >= 4 is 17.3 Å². The van der Waals surface area contributed by atoms with Crippen LogP contribution >= 0.6 is 0 Å². The molecule has 2 aliphatic rings. The maximum absolute atomic E-state index is 13.3. The van der Waals surface area contributed by atoms with Crippen LogP contribution in [0.25, 0.3) is 0 Å². The molecule has 0 aromatic heterocycles. The van der Waals surface area contributed by atoms with Gasteiger partial charge in [-0.25, -0.2) is 0 Å². The molecule has 2 unspecified atom stereocenters. The minimum absolute atomic E-state index is 0.00738. The topological polar surface area (TPSA) is 141 Å². The Morgan fingerprint density at radius 2 is 1.81 bits per heavy atom. The van der Waals surface area contributed by atoms with Crippen LogP contribution in [-0.2, 0) is 11.2 Å². The zero-order valence-electron chi connectivity index (χ0n) is 17.1. The molecule has 2 atom stereocenters. The van der Waals surface area contributed by atoms with Crippen LogP contribution in [0.5, 0.6) is 17.2 Å². The second-order valence-corrected chi connectivity index (χ2v) is 7.98. The van der Waals surface area contributed by atoms with Gasteiger partial charge in [0.1, 0.15) is 29.5 Å². The third-order valence-electron chi connectivity index (χ3n) is 6.38. The van der Waals surface area contributed by atoms with Gasteiger partial charge in [-0.1, -0.05) is 19.1 Å². The number of aliphatic hydroxyl groups is 2. The first kappa shape index (κ1) is 21.0. The fraction of sp³-hybridized carbons (Fsp3) is 0.348. The molecule has 2 aromatic rings. The molecule has 0 aliphatic heterocycles. The Morgan fingerprint density at radius 3 is 2.42 bits per heavy atom. The minimum atomic E-state index is -1.95. The number of phenolic OH excluding ortho intramolecular Hbond substituents is 2. The van der Waals surface area contributed by atoms with Gasteiger partial charge in [-0.05, 0) is 24.8 Å². The highest BCUT2D eigenvalue weighted by atomic mass is 16.5. The molecule has 0 amide bonds. The van der Waals surface area contributed by atoms with E-state index in [2.05, 4.69) is 0 Å². The normalized spacial score (nSPS) is 21.9. The molecule has 0 heterocycles. The largest absolute Gasteiger partial charge is 0.507 e. The van der Waals surface area contributed by atoms with Gasteiger partial charge in [0.25, 0.3) is 0 Å². The number of ether oxygens (including phenoxy) is 1. The lowest BCUT2D eigenvalue weighted by Crippen LogP contribution is -2.47. The number of benzene rings is 2. The molecule has 0 radical (unpaired) electrons. The van der Waals surface area contributed by atoms with Crippen LogP contribution in [0.2, 0.25) is 0 Å². The number of rotatable bonds is 4. The maximum Gasteiger partial charge on any atom is 0.202 e. The van der Waals surface area contributed by atoms with Crippen LogP contribution in [0, 0.1) is 0 Å². The van der Waals surface area contributed by atoms with Gasteiger partial charge < -0.3 is 25.2 Å². The van der Waals surface area contributed by atoms with Gasteiger partial charge >= 0.3 is 0 Å². The van der Waals surface area contributed by atoms with E-state index >= 15 is 0 Å². The average Bonchev–Trinajstić information content (AvgIpc) is 2.77. The zero-order valence-corrected chi connectivity index (χ0v) is 17.1. The van der Waals surface area contributed by atoms with Crippen LogP contribution in [0.1, 0.15) is 68.7 Å². The van der Waals surface area contributed by atoms with E-state index in [1.165, 1.54) is 25.3 Å². The average molecular weight is 426 g/mol. The Bertz CT molecular complexity index is 1150. The lowest BCUT2D eigenvalue weighted by Gasteiger charge is -2.38. The van der Waals surface area contributed by atoms with Gasteiger partial charge in [-0.2, -0.15) is 0 Å². The van der Waals surface area contributed by atoms with Crippen molar-refractivity contribution in [1.29, 1.82) is 0 Å². The number of aromatic hydroxyl groups is 2.